The van der Waals surface area contributed by atoms with Gasteiger partial charge in [-0.25, -0.2) is 4.98 Å². The van der Waals surface area contributed by atoms with Gasteiger partial charge in [0.2, 0.25) is 0 Å². The summed E-state index contributed by atoms with van der Waals surface area (Å²) >= 11 is 0. The molecule has 0 fully saturated rings. The number of carbonyl (C=O) groups excluding carboxylic acids is 1. The number of benzene rings is 2. The molecular formula is C23H22N4O2. The SMILES string of the molecule is COc1ccccc1Cn1c(CCNC(=O)c2ccccn2)nc2ccccc21. The van der Waals surface area contributed by atoms with Crippen molar-refractivity contribution in [2.24, 2.45) is 0 Å². The van der Waals surface area contributed by atoms with E-state index in [1.54, 1.807) is 31.5 Å². The van der Waals surface area contributed by atoms with Crippen molar-refractivity contribution in [3.05, 3.63) is 90.0 Å². The van der Waals surface area contributed by atoms with E-state index in [4.69, 9.17) is 9.72 Å². The van der Waals surface area contributed by atoms with E-state index in [1.165, 1.54) is 0 Å². The first kappa shape index (κ1) is 18.7. The molecule has 6 nitrogen and oxygen atoms in total. The Labute approximate surface area is 169 Å². The second kappa shape index (κ2) is 8.56. The number of methoxy groups -OCH3 is 1. The molecule has 1 amide bonds. The van der Waals surface area contributed by atoms with Gasteiger partial charge in [-0.3, -0.25) is 9.78 Å². The molecular weight excluding hydrogens is 364 g/mol. The molecule has 0 atom stereocenters. The Kier molecular flexibility index (Phi) is 5.52. The molecule has 0 spiro atoms. The molecule has 2 aromatic heterocycles. The van der Waals surface area contributed by atoms with Gasteiger partial charge in [0.25, 0.3) is 5.91 Å². The Morgan fingerprint density at radius 1 is 1.03 bits per heavy atom. The van der Waals surface area contributed by atoms with Gasteiger partial charge in [-0.05, 0) is 30.3 Å². The number of ether oxygens (including phenoxy) is 1. The van der Waals surface area contributed by atoms with Crippen LogP contribution in [-0.2, 0) is 13.0 Å². The van der Waals surface area contributed by atoms with Gasteiger partial charge >= 0.3 is 0 Å². The van der Waals surface area contributed by atoms with E-state index in [0.29, 0.717) is 25.2 Å². The normalized spacial score (nSPS) is 10.8. The average Bonchev–Trinajstić information content (AvgIpc) is 3.12. The standard InChI is InChI=1S/C23H22N4O2/c1-29-21-12-5-2-8-17(21)16-27-20-11-4-3-9-18(20)26-22(27)13-15-25-23(28)19-10-6-7-14-24-19/h2-12,14H,13,15-16H2,1H3,(H,25,28). The van der Waals surface area contributed by atoms with Crippen molar-refractivity contribution in [2.45, 2.75) is 13.0 Å². The van der Waals surface area contributed by atoms with Crippen molar-refractivity contribution < 1.29 is 9.53 Å². The van der Waals surface area contributed by atoms with Crippen LogP contribution in [-0.4, -0.2) is 34.1 Å². The van der Waals surface area contributed by atoms with E-state index < -0.39 is 0 Å². The molecule has 0 bridgehead atoms. The van der Waals surface area contributed by atoms with Crippen LogP contribution in [0.25, 0.3) is 11.0 Å². The molecule has 1 N–H and O–H groups in total. The van der Waals surface area contributed by atoms with Gasteiger partial charge in [0, 0.05) is 24.7 Å². The van der Waals surface area contributed by atoms with Gasteiger partial charge in [-0.1, -0.05) is 36.4 Å². The van der Waals surface area contributed by atoms with E-state index in [-0.39, 0.29) is 5.91 Å². The average molecular weight is 386 g/mol. The first-order chi connectivity index (χ1) is 14.3. The fraction of sp³-hybridized carbons (Fsp3) is 0.174. The first-order valence-corrected chi connectivity index (χ1v) is 9.51. The molecule has 4 aromatic rings. The lowest BCUT2D eigenvalue weighted by molar-refractivity contribution is 0.0949. The van der Waals surface area contributed by atoms with Gasteiger partial charge in [0.15, 0.2) is 0 Å². The topological polar surface area (TPSA) is 69.0 Å². The van der Waals surface area contributed by atoms with Crippen LogP contribution < -0.4 is 10.1 Å². The third-order valence-corrected chi connectivity index (χ3v) is 4.79. The van der Waals surface area contributed by atoms with Crippen LogP contribution in [0.1, 0.15) is 21.9 Å². The molecule has 0 radical (unpaired) electrons. The number of amides is 1. The number of carbonyl (C=O) groups is 1. The van der Waals surface area contributed by atoms with Gasteiger partial charge < -0.3 is 14.6 Å². The number of fused-ring (bicyclic) bond motifs is 1. The minimum Gasteiger partial charge on any atom is -0.496 e. The molecule has 2 heterocycles. The summed E-state index contributed by atoms with van der Waals surface area (Å²) in [6, 6.07) is 21.3. The summed E-state index contributed by atoms with van der Waals surface area (Å²) in [6.07, 6.45) is 2.23. The second-order valence-electron chi connectivity index (χ2n) is 6.64. The first-order valence-electron chi connectivity index (χ1n) is 9.51. The summed E-state index contributed by atoms with van der Waals surface area (Å²) in [5, 5.41) is 2.93. The number of hydrogen-bond acceptors (Lipinski definition) is 4. The van der Waals surface area contributed by atoms with E-state index in [9.17, 15) is 4.79 Å². The third-order valence-electron chi connectivity index (χ3n) is 4.79. The largest absolute Gasteiger partial charge is 0.496 e. The van der Waals surface area contributed by atoms with E-state index in [1.807, 2.05) is 36.4 Å². The number of imidazole rings is 1. The van der Waals surface area contributed by atoms with E-state index >= 15 is 0 Å². The highest BCUT2D eigenvalue weighted by atomic mass is 16.5. The van der Waals surface area contributed by atoms with Crippen molar-refractivity contribution in [1.29, 1.82) is 0 Å². The minimum atomic E-state index is -0.182. The molecule has 0 saturated heterocycles. The van der Waals surface area contributed by atoms with Crippen LogP contribution in [0.3, 0.4) is 0 Å². The second-order valence-corrected chi connectivity index (χ2v) is 6.64. The molecule has 0 aliphatic heterocycles. The van der Waals surface area contributed by atoms with Crippen molar-refractivity contribution in [3.63, 3.8) is 0 Å². The molecule has 0 aliphatic carbocycles. The number of nitrogens with one attached hydrogen (secondary N) is 1. The highest BCUT2D eigenvalue weighted by Gasteiger charge is 2.13. The van der Waals surface area contributed by atoms with Crippen LogP contribution in [0.15, 0.2) is 72.9 Å². The lowest BCUT2D eigenvalue weighted by Gasteiger charge is -2.13. The van der Waals surface area contributed by atoms with Gasteiger partial charge in [-0.2, -0.15) is 0 Å². The molecule has 2 aromatic carbocycles. The van der Waals surface area contributed by atoms with Crippen LogP contribution in [0.2, 0.25) is 0 Å². The predicted octanol–water partition coefficient (Wildman–Crippen LogP) is 3.46. The highest BCUT2D eigenvalue weighted by molar-refractivity contribution is 5.92. The Hall–Kier alpha value is -3.67. The highest BCUT2D eigenvalue weighted by Crippen LogP contribution is 2.23. The maximum Gasteiger partial charge on any atom is 0.269 e. The number of hydrogen-bond donors (Lipinski definition) is 1. The Morgan fingerprint density at radius 3 is 2.66 bits per heavy atom. The molecule has 0 aliphatic rings. The molecule has 0 unspecified atom stereocenters. The summed E-state index contributed by atoms with van der Waals surface area (Å²) < 4.78 is 7.69. The minimum absolute atomic E-state index is 0.182. The quantitative estimate of drug-likeness (QED) is 0.528. The monoisotopic (exact) mass is 386 g/mol. The Morgan fingerprint density at radius 2 is 1.83 bits per heavy atom. The lowest BCUT2D eigenvalue weighted by atomic mass is 10.2. The van der Waals surface area contributed by atoms with Crippen LogP contribution in [0.4, 0.5) is 0 Å². The zero-order valence-corrected chi connectivity index (χ0v) is 16.2. The number of rotatable bonds is 7. The van der Waals surface area contributed by atoms with E-state index in [2.05, 4.69) is 27.0 Å². The lowest BCUT2D eigenvalue weighted by Crippen LogP contribution is -2.27. The van der Waals surface area contributed by atoms with Crippen molar-refractivity contribution in [1.82, 2.24) is 19.9 Å². The Balaban J connectivity index is 1.56. The maximum absolute atomic E-state index is 12.2. The molecule has 4 rings (SSSR count). The number of para-hydroxylation sites is 3. The molecule has 0 saturated carbocycles. The summed E-state index contributed by atoms with van der Waals surface area (Å²) in [5.41, 5.74) is 3.49. The smallest absolute Gasteiger partial charge is 0.269 e. The van der Waals surface area contributed by atoms with Crippen molar-refractivity contribution in [3.8, 4) is 5.75 Å². The third kappa shape index (κ3) is 4.11. The van der Waals surface area contributed by atoms with Crippen molar-refractivity contribution in [2.75, 3.05) is 13.7 Å². The summed E-state index contributed by atoms with van der Waals surface area (Å²) in [4.78, 5) is 21.1. The summed E-state index contributed by atoms with van der Waals surface area (Å²) in [6.45, 7) is 1.12. The zero-order valence-electron chi connectivity index (χ0n) is 16.2. The Bertz CT molecular complexity index is 1120. The van der Waals surface area contributed by atoms with Crippen LogP contribution >= 0.6 is 0 Å². The van der Waals surface area contributed by atoms with Gasteiger partial charge in [0.1, 0.15) is 17.3 Å². The van der Waals surface area contributed by atoms with Crippen molar-refractivity contribution >= 4 is 16.9 Å². The zero-order chi connectivity index (χ0) is 20.1. The fourth-order valence-corrected chi connectivity index (χ4v) is 3.37. The predicted molar refractivity (Wildman–Crippen MR) is 112 cm³/mol. The van der Waals surface area contributed by atoms with Gasteiger partial charge in [-0.15, -0.1) is 0 Å². The summed E-state index contributed by atoms with van der Waals surface area (Å²) in [5.74, 6) is 1.58. The van der Waals surface area contributed by atoms with Crippen LogP contribution in [0.5, 0.6) is 5.75 Å². The van der Waals surface area contributed by atoms with E-state index in [0.717, 1.165) is 28.2 Å². The van der Waals surface area contributed by atoms with Crippen LogP contribution in [0, 0.1) is 0 Å². The maximum atomic E-state index is 12.2. The summed E-state index contributed by atoms with van der Waals surface area (Å²) in [7, 11) is 1.68. The van der Waals surface area contributed by atoms with Gasteiger partial charge in [0.05, 0.1) is 24.7 Å². The molecule has 29 heavy (non-hydrogen) atoms. The number of pyridine rings is 1. The number of nitrogens with zero attached hydrogens (tertiary/aromatic N) is 3. The molecule has 146 valence electrons. The molecule has 6 heteroatoms. The number of aromatic nitrogens is 3. The fourth-order valence-electron chi connectivity index (χ4n) is 3.37.